The van der Waals surface area contributed by atoms with Crippen molar-refractivity contribution in [1.29, 1.82) is 0 Å². The maximum Gasteiger partial charge on any atom is 0.136 e. The molecule has 128 valence electrons. The average molecular weight is 307 g/mol. The lowest BCUT2D eigenvalue weighted by Gasteiger charge is -2.47. The van der Waals surface area contributed by atoms with Crippen molar-refractivity contribution in [3.63, 3.8) is 0 Å². The van der Waals surface area contributed by atoms with Gasteiger partial charge in [0.05, 0.1) is 0 Å². The third kappa shape index (κ3) is 3.44. The van der Waals surface area contributed by atoms with E-state index in [0.717, 1.165) is 25.2 Å². The van der Waals surface area contributed by atoms with E-state index in [2.05, 4.69) is 48.5 Å². The molecule has 0 aromatic rings. The van der Waals surface area contributed by atoms with Crippen molar-refractivity contribution in [1.82, 2.24) is 0 Å². The molecule has 0 saturated heterocycles. The Morgan fingerprint density at radius 3 is 2.36 bits per heavy atom. The lowest BCUT2D eigenvalue weighted by atomic mass is 9.57. The maximum atomic E-state index is 12.4. The fraction of sp³-hybridized carbons (Fsp3) is 0.952. The smallest absolute Gasteiger partial charge is 0.136 e. The number of hydrogen-bond donors (Lipinski definition) is 0. The summed E-state index contributed by atoms with van der Waals surface area (Å²) in [6.07, 6.45) is 8.24. The van der Waals surface area contributed by atoms with Gasteiger partial charge in [-0.05, 0) is 66.6 Å². The van der Waals surface area contributed by atoms with Crippen LogP contribution in [0.25, 0.3) is 0 Å². The molecule has 0 aromatic carbocycles. The Morgan fingerprint density at radius 1 is 1.14 bits per heavy atom. The summed E-state index contributed by atoms with van der Waals surface area (Å²) in [5.74, 6) is 2.37. The minimum absolute atomic E-state index is 0.285. The van der Waals surface area contributed by atoms with Crippen molar-refractivity contribution in [3.05, 3.63) is 0 Å². The van der Waals surface area contributed by atoms with Crippen LogP contribution in [0.2, 0.25) is 0 Å². The molecule has 0 spiro atoms. The SMILES string of the molecule is C[C@@H](C1CCC2C(=O)CCC[C@@]21C)C(C)(C)CCC(C)(C)C. The second-order valence-corrected chi connectivity index (χ2v) is 10.4. The van der Waals surface area contributed by atoms with Gasteiger partial charge in [0.1, 0.15) is 5.78 Å². The summed E-state index contributed by atoms with van der Waals surface area (Å²) in [5.41, 5.74) is 1.07. The highest BCUT2D eigenvalue weighted by Crippen LogP contribution is 2.59. The Labute approximate surface area is 138 Å². The summed E-state index contributed by atoms with van der Waals surface area (Å²) in [5, 5.41) is 0. The number of fused-ring (bicyclic) bond motifs is 1. The predicted octanol–water partition coefficient (Wildman–Crippen LogP) is 6.26. The van der Waals surface area contributed by atoms with E-state index >= 15 is 0 Å². The zero-order valence-electron chi connectivity index (χ0n) is 16.1. The number of carbonyl (C=O) groups excluding carboxylic acids is 1. The highest BCUT2D eigenvalue weighted by Gasteiger charge is 2.54. The third-order valence-electron chi connectivity index (χ3n) is 7.29. The van der Waals surface area contributed by atoms with Crippen LogP contribution in [0.3, 0.4) is 0 Å². The van der Waals surface area contributed by atoms with Gasteiger partial charge in [-0.15, -0.1) is 0 Å². The van der Waals surface area contributed by atoms with E-state index in [-0.39, 0.29) is 5.41 Å². The van der Waals surface area contributed by atoms with Crippen LogP contribution >= 0.6 is 0 Å². The van der Waals surface area contributed by atoms with E-state index in [9.17, 15) is 4.79 Å². The zero-order valence-corrected chi connectivity index (χ0v) is 16.1. The fourth-order valence-electron chi connectivity index (χ4n) is 5.26. The van der Waals surface area contributed by atoms with E-state index in [0.29, 0.717) is 28.4 Å². The van der Waals surface area contributed by atoms with Crippen molar-refractivity contribution in [2.75, 3.05) is 0 Å². The van der Waals surface area contributed by atoms with Crippen LogP contribution < -0.4 is 0 Å². The number of hydrogen-bond acceptors (Lipinski definition) is 1. The van der Waals surface area contributed by atoms with Gasteiger partial charge in [-0.2, -0.15) is 0 Å². The van der Waals surface area contributed by atoms with E-state index in [1.165, 1.54) is 25.7 Å². The monoisotopic (exact) mass is 306 g/mol. The number of rotatable bonds is 4. The second kappa shape index (κ2) is 5.95. The minimum Gasteiger partial charge on any atom is -0.299 e. The zero-order chi connectivity index (χ0) is 16.8. The molecule has 1 nitrogen and oxygen atoms in total. The summed E-state index contributed by atoms with van der Waals surface area (Å²) < 4.78 is 0. The normalized spacial score (nSPS) is 34.6. The lowest BCUT2D eigenvalue weighted by molar-refractivity contribution is -0.130. The molecule has 22 heavy (non-hydrogen) atoms. The van der Waals surface area contributed by atoms with Crippen molar-refractivity contribution in [2.45, 2.75) is 93.4 Å². The molecular formula is C21H38O. The standard InChI is InChI=1S/C21H38O/c1-15(20(5,6)14-13-19(2,3)4)16-10-11-17-18(22)9-8-12-21(16,17)7/h15-17H,8-14H2,1-7H3/t15-,16?,17?,21+/m0/s1. The molecule has 2 unspecified atom stereocenters. The van der Waals surface area contributed by atoms with Crippen LogP contribution in [-0.2, 0) is 4.79 Å². The van der Waals surface area contributed by atoms with Gasteiger partial charge in [0.2, 0.25) is 0 Å². The first-order valence-corrected chi connectivity index (χ1v) is 9.50. The van der Waals surface area contributed by atoms with Gasteiger partial charge in [-0.25, -0.2) is 0 Å². The van der Waals surface area contributed by atoms with Crippen molar-refractivity contribution in [2.24, 2.45) is 34.0 Å². The molecule has 2 saturated carbocycles. The summed E-state index contributed by atoms with van der Waals surface area (Å²) in [6, 6.07) is 0. The van der Waals surface area contributed by atoms with Gasteiger partial charge in [0.25, 0.3) is 0 Å². The molecule has 2 aliphatic carbocycles. The molecule has 2 aliphatic rings. The molecule has 2 fully saturated rings. The summed E-state index contributed by atoms with van der Waals surface area (Å²) in [4.78, 5) is 12.4. The van der Waals surface area contributed by atoms with Crippen molar-refractivity contribution >= 4 is 5.78 Å². The van der Waals surface area contributed by atoms with Crippen LogP contribution in [0.4, 0.5) is 0 Å². The molecular weight excluding hydrogens is 268 g/mol. The van der Waals surface area contributed by atoms with Crippen LogP contribution in [0.1, 0.15) is 93.4 Å². The van der Waals surface area contributed by atoms with Gasteiger partial charge in [-0.1, -0.05) is 48.5 Å². The van der Waals surface area contributed by atoms with Crippen LogP contribution in [0, 0.1) is 34.0 Å². The van der Waals surface area contributed by atoms with Gasteiger partial charge < -0.3 is 0 Å². The molecule has 2 rings (SSSR count). The highest BCUT2D eigenvalue weighted by molar-refractivity contribution is 5.83. The molecule has 0 heterocycles. The average Bonchev–Trinajstić information content (AvgIpc) is 2.73. The predicted molar refractivity (Wildman–Crippen MR) is 94.8 cm³/mol. The molecule has 0 N–H and O–H groups in total. The van der Waals surface area contributed by atoms with Gasteiger partial charge in [-0.3, -0.25) is 4.79 Å². The maximum absolute atomic E-state index is 12.4. The number of Topliss-reactive ketones (excluding diaryl/α,β-unsaturated/α-hetero) is 1. The Hall–Kier alpha value is -0.330. The van der Waals surface area contributed by atoms with Crippen LogP contribution in [0.15, 0.2) is 0 Å². The minimum atomic E-state index is 0.285. The fourth-order valence-corrected chi connectivity index (χ4v) is 5.26. The molecule has 4 atom stereocenters. The Morgan fingerprint density at radius 2 is 1.77 bits per heavy atom. The van der Waals surface area contributed by atoms with Crippen molar-refractivity contribution in [3.8, 4) is 0 Å². The topological polar surface area (TPSA) is 17.1 Å². The summed E-state index contributed by atoms with van der Waals surface area (Å²) in [7, 11) is 0. The Bertz CT molecular complexity index is 414. The number of carbonyl (C=O) groups is 1. The third-order valence-corrected chi connectivity index (χ3v) is 7.29. The summed E-state index contributed by atoms with van der Waals surface area (Å²) in [6.45, 7) is 16.9. The second-order valence-electron chi connectivity index (χ2n) is 10.4. The molecule has 0 amide bonds. The van der Waals surface area contributed by atoms with Crippen LogP contribution in [-0.4, -0.2) is 5.78 Å². The first kappa shape index (κ1) is 18.0. The van der Waals surface area contributed by atoms with E-state index < -0.39 is 0 Å². The molecule has 0 bridgehead atoms. The first-order valence-electron chi connectivity index (χ1n) is 9.50. The quantitative estimate of drug-likeness (QED) is 0.599. The molecule has 0 radical (unpaired) electrons. The van der Waals surface area contributed by atoms with E-state index in [1.807, 2.05) is 0 Å². The Kier molecular flexibility index (Phi) is 4.87. The largest absolute Gasteiger partial charge is 0.299 e. The van der Waals surface area contributed by atoms with Gasteiger partial charge in [0.15, 0.2) is 0 Å². The molecule has 0 aliphatic heterocycles. The van der Waals surface area contributed by atoms with E-state index in [1.54, 1.807) is 0 Å². The van der Waals surface area contributed by atoms with Crippen molar-refractivity contribution < 1.29 is 4.79 Å². The lowest BCUT2D eigenvalue weighted by Crippen LogP contribution is -2.42. The van der Waals surface area contributed by atoms with Gasteiger partial charge in [0, 0.05) is 12.3 Å². The Balaban J connectivity index is 2.11. The summed E-state index contributed by atoms with van der Waals surface area (Å²) >= 11 is 0. The van der Waals surface area contributed by atoms with Gasteiger partial charge >= 0.3 is 0 Å². The first-order chi connectivity index (χ1) is 9.97. The van der Waals surface area contributed by atoms with E-state index in [4.69, 9.17) is 0 Å². The van der Waals surface area contributed by atoms with Crippen LogP contribution in [0.5, 0.6) is 0 Å². The molecule has 0 aromatic heterocycles. The highest BCUT2D eigenvalue weighted by atomic mass is 16.1. The number of ketones is 1. The molecule has 1 heteroatoms.